The minimum absolute atomic E-state index is 0. The van der Waals surface area contributed by atoms with Crippen LogP contribution in [0.1, 0.15) is 18.1 Å². The van der Waals surface area contributed by atoms with Crippen LogP contribution in [0.15, 0.2) is 30.3 Å². The summed E-state index contributed by atoms with van der Waals surface area (Å²) < 4.78 is 0.337. The smallest absolute Gasteiger partial charge is 0.147 e. The average Bonchev–Trinajstić information content (AvgIpc) is 2.29. The molecule has 0 saturated heterocycles. The average molecular weight is 330 g/mol. The second kappa shape index (κ2) is 6.33. The maximum atomic E-state index is 2.30. The van der Waals surface area contributed by atoms with Gasteiger partial charge in [-0.2, -0.15) is 0 Å². The molecule has 0 aliphatic heterocycles. The van der Waals surface area contributed by atoms with E-state index in [0.717, 1.165) is 0 Å². The monoisotopic (exact) mass is 327 g/mol. The van der Waals surface area contributed by atoms with E-state index in [4.69, 9.17) is 0 Å². The van der Waals surface area contributed by atoms with Crippen LogP contribution in [0, 0.1) is 0 Å². The van der Waals surface area contributed by atoms with Gasteiger partial charge >= 0.3 is 82.3 Å². The summed E-state index contributed by atoms with van der Waals surface area (Å²) in [4.78, 5) is 0. The number of hydrogen-bond acceptors (Lipinski definition) is 0. The van der Waals surface area contributed by atoms with Crippen LogP contribution in [0.5, 0.6) is 0 Å². The molecule has 2 rings (SSSR count). The van der Waals surface area contributed by atoms with Crippen LogP contribution >= 0.6 is 37.2 Å². The van der Waals surface area contributed by atoms with Crippen LogP contribution in [0.25, 0.3) is 6.08 Å². The second-order valence-electron chi connectivity index (χ2n) is 3.12. The molecule has 0 radical (unpaired) electrons. The molecule has 1 aliphatic carbocycles. The molecule has 0 heterocycles. The Balaban J connectivity index is 0. The van der Waals surface area contributed by atoms with E-state index in [1.807, 2.05) is 0 Å². The number of fused-ring (bicyclic) bond motifs is 1. The van der Waals surface area contributed by atoms with Crippen molar-refractivity contribution in [2.45, 2.75) is 10.0 Å². The Morgan fingerprint density at radius 2 is 1.64 bits per heavy atom. The van der Waals surface area contributed by atoms with Gasteiger partial charge in [0.15, 0.2) is 0 Å². The van der Waals surface area contributed by atoms with Crippen molar-refractivity contribution in [2.75, 3.05) is 0 Å². The molecular formula is C10H12Cl3Zr. The minimum Gasteiger partial charge on any atom is -0.147 e. The van der Waals surface area contributed by atoms with Crippen molar-refractivity contribution in [3.05, 3.63) is 41.5 Å². The molecular weight excluding hydrogens is 318 g/mol. The largest absolute Gasteiger partial charge is 0.147 e. The first kappa shape index (κ1) is 17.1. The Morgan fingerprint density at radius 3 is 2.21 bits per heavy atom. The normalized spacial score (nSPS) is 21.1. The quantitative estimate of drug-likeness (QED) is 0.680. The Morgan fingerprint density at radius 1 is 1.07 bits per heavy atom. The summed E-state index contributed by atoms with van der Waals surface area (Å²) in [5.41, 5.74) is 2.88. The maximum Gasteiger partial charge on any atom is -0.147 e. The fourth-order valence-electron chi connectivity index (χ4n) is 1.46. The summed E-state index contributed by atoms with van der Waals surface area (Å²) >= 11 is 1.57. The second-order valence-corrected chi connectivity index (χ2v) is 5.68. The minimum atomic E-state index is 0. The number of halogens is 3. The van der Waals surface area contributed by atoms with E-state index in [0.29, 0.717) is 3.12 Å². The Labute approximate surface area is 119 Å². The zero-order valence-electron chi connectivity index (χ0n) is 7.69. The van der Waals surface area contributed by atoms with Gasteiger partial charge in [-0.25, -0.2) is 0 Å². The molecule has 14 heavy (non-hydrogen) atoms. The van der Waals surface area contributed by atoms with Gasteiger partial charge in [-0.15, -0.1) is 37.2 Å². The van der Waals surface area contributed by atoms with Gasteiger partial charge < -0.3 is 0 Å². The van der Waals surface area contributed by atoms with E-state index in [-0.39, 0.29) is 37.2 Å². The summed E-state index contributed by atoms with van der Waals surface area (Å²) in [6.07, 6.45) is 4.53. The van der Waals surface area contributed by atoms with Gasteiger partial charge in [-0.3, -0.25) is 0 Å². The van der Waals surface area contributed by atoms with E-state index in [9.17, 15) is 0 Å². The molecule has 4 heteroatoms. The van der Waals surface area contributed by atoms with E-state index < -0.39 is 0 Å². The van der Waals surface area contributed by atoms with E-state index >= 15 is 0 Å². The number of rotatable bonds is 0. The molecule has 0 bridgehead atoms. The van der Waals surface area contributed by atoms with Crippen molar-refractivity contribution >= 4 is 43.3 Å². The molecule has 77 valence electrons. The maximum absolute atomic E-state index is 2.30. The van der Waals surface area contributed by atoms with Crippen molar-refractivity contribution < 1.29 is 24.7 Å². The first-order chi connectivity index (χ1) is 5.20. The van der Waals surface area contributed by atoms with Crippen LogP contribution in [0.2, 0.25) is 0 Å². The standard InChI is InChI=1S/C10H9.3ClH.Zr/c1-8-6-7-9-4-2-3-5-10(8)9;;;;/h2-7H,1H3;3*1H;. The van der Waals surface area contributed by atoms with E-state index in [1.165, 1.54) is 11.1 Å². The Bertz CT molecular complexity index is 321. The Kier molecular flexibility index (Phi) is 7.74. The topological polar surface area (TPSA) is 0 Å². The summed E-state index contributed by atoms with van der Waals surface area (Å²) in [6, 6.07) is 8.62. The fourth-order valence-corrected chi connectivity index (χ4v) is 2.23. The fraction of sp³-hybridized carbons (Fsp3) is 0.200. The van der Waals surface area contributed by atoms with E-state index in [1.54, 1.807) is 24.7 Å². The SMILES string of the molecule is C[C]1([Zr])C=Cc2ccccc21.Cl.Cl.Cl. The number of hydrogen-bond donors (Lipinski definition) is 0. The first-order valence-corrected chi connectivity index (χ1v) is 4.97. The van der Waals surface area contributed by atoms with Crippen LogP contribution in [-0.4, -0.2) is 0 Å². The van der Waals surface area contributed by atoms with Crippen molar-refractivity contribution in [1.82, 2.24) is 0 Å². The van der Waals surface area contributed by atoms with Crippen molar-refractivity contribution in [2.24, 2.45) is 0 Å². The van der Waals surface area contributed by atoms with E-state index in [2.05, 4.69) is 43.3 Å². The summed E-state index contributed by atoms with van der Waals surface area (Å²) in [6.45, 7) is 2.29. The van der Waals surface area contributed by atoms with Crippen molar-refractivity contribution in [1.29, 1.82) is 0 Å². The zero-order chi connectivity index (χ0) is 7.90. The zero-order valence-corrected chi connectivity index (χ0v) is 12.6. The van der Waals surface area contributed by atoms with Gasteiger partial charge in [0, 0.05) is 0 Å². The molecule has 1 aromatic rings. The van der Waals surface area contributed by atoms with Gasteiger partial charge in [0.2, 0.25) is 0 Å². The summed E-state index contributed by atoms with van der Waals surface area (Å²) in [5, 5.41) is 0. The third kappa shape index (κ3) is 3.10. The molecule has 1 aliphatic rings. The predicted octanol–water partition coefficient (Wildman–Crippen LogP) is 3.74. The van der Waals surface area contributed by atoms with Crippen LogP contribution in [-0.2, 0) is 27.8 Å². The molecule has 0 spiro atoms. The van der Waals surface area contributed by atoms with Crippen LogP contribution in [0.3, 0.4) is 0 Å². The van der Waals surface area contributed by atoms with Gasteiger partial charge in [0.25, 0.3) is 0 Å². The molecule has 0 saturated carbocycles. The third-order valence-corrected chi connectivity index (χ3v) is 3.19. The van der Waals surface area contributed by atoms with Gasteiger partial charge in [-0.1, -0.05) is 0 Å². The molecule has 0 amide bonds. The van der Waals surface area contributed by atoms with Crippen molar-refractivity contribution in [3.63, 3.8) is 0 Å². The number of benzene rings is 1. The van der Waals surface area contributed by atoms with Gasteiger partial charge in [0.1, 0.15) is 0 Å². The van der Waals surface area contributed by atoms with Gasteiger partial charge in [-0.05, 0) is 0 Å². The third-order valence-electron chi connectivity index (χ3n) is 2.12. The molecule has 1 unspecified atom stereocenters. The number of allylic oxidation sites excluding steroid dienone is 1. The molecule has 1 atom stereocenters. The first-order valence-electron chi connectivity index (χ1n) is 3.74. The summed E-state index contributed by atoms with van der Waals surface area (Å²) in [5.74, 6) is 0. The molecule has 0 N–H and O–H groups in total. The van der Waals surface area contributed by atoms with Crippen LogP contribution in [0.4, 0.5) is 0 Å². The van der Waals surface area contributed by atoms with Crippen LogP contribution < -0.4 is 0 Å². The summed E-state index contributed by atoms with van der Waals surface area (Å²) in [7, 11) is 0. The molecule has 0 aromatic heterocycles. The predicted molar refractivity (Wildman–Crippen MR) is 64.6 cm³/mol. The Hall–Kier alpha value is 0.713. The molecule has 0 fully saturated rings. The molecule has 1 aromatic carbocycles. The van der Waals surface area contributed by atoms with Crippen molar-refractivity contribution in [3.8, 4) is 0 Å². The molecule has 0 nitrogen and oxygen atoms in total. The van der Waals surface area contributed by atoms with Gasteiger partial charge in [0.05, 0.1) is 0 Å².